The first kappa shape index (κ1) is 15.9. The Hall–Kier alpha value is -0.530. The van der Waals surface area contributed by atoms with Crippen LogP contribution in [0.3, 0.4) is 0 Å². The summed E-state index contributed by atoms with van der Waals surface area (Å²) in [4.78, 5) is 0. The molecule has 0 spiro atoms. The molecule has 0 amide bonds. The Bertz CT molecular complexity index is 387. The van der Waals surface area contributed by atoms with E-state index in [0.29, 0.717) is 6.04 Å². The third-order valence-corrected chi connectivity index (χ3v) is 4.99. The second-order valence-corrected chi connectivity index (χ2v) is 6.68. The Balaban J connectivity index is 2.00. The summed E-state index contributed by atoms with van der Waals surface area (Å²) in [6.07, 6.45) is 7.86. The normalized spacial score (nSPS) is 26.6. The van der Waals surface area contributed by atoms with Crippen LogP contribution in [0.25, 0.3) is 0 Å². The van der Waals surface area contributed by atoms with Crippen molar-refractivity contribution in [1.82, 2.24) is 5.32 Å². The van der Waals surface area contributed by atoms with Gasteiger partial charge in [-0.2, -0.15) is 0 Å². The van der Waals surface area contributed by atoms with Crippen LogP contribution in [-0.4, -0.2) is 12.6 Å². The van der Waals surface area contributed by atoms with Crippen molar-refractivity contribution >= 4 is 11.6 Å². The van der Waals surface area contributed by atoms with Crippen molar-refractivity contribution in [2.45, 2.75) is 58.4 Å². The fourth-order valence-electron chi connectivity index (χ4n) is 3.48. The molecule has 0 aromatic heterocycles. The maximum atomic E-state index is 5.98. The Morgan fingerprint density at radius 2 is 1.90 bits per heavy atom. The lowest BCUT2D eigenvalue weighted by Crippen LogP contribution is -2.41. The van der Waals surface area contributed by atoms with Gasteiger partial charge < -0.3 is 5.32 Å². The van der Waals surface area contributed by atoms with Gasteiger partial charge in [0.2, 0.25) is 0 Å². The zero-order valence-electron chi connectivity index (χ0n) is 12.9. The molecule has 0 heterocycles. The van der Waals surface area contributed by atoms with Crippen LogP contribution in [0.15, 0.2) is 24.3 Å². The molecule has 0 bridgehead atoms. The highest BCUT2D eigenvalue weighted by Crippen LogP contribution is 2.33. The van der Waals surface area contributed by atoms with Gasteiger partial charge in [0.15, 0.2) is 0 Å². The quantitative estimate of drug-likeness (QED) is 0.771. The fraction of sp³-hybridized carbons (Fsp3) is 0.667. The standard InChI is InChI=1S/C18H28ClN/c1-3-11-20-18-10-7-14(4-2)12-16(18)13-15-5-8-17(19)9-6-15/h5-6,8-9,14,16,18,20H,3-4,7,10-13H2,1-2H3. The highest BCUT2D eigenvalue weighted by Gasteiger charge is 2.29. The number of hydrogen-bond donors (Lipinski definition) is 1. The van der Waals surface area contributed by atoms with E-state index in [1.54, 1.807) is 0 Å². The zero-order chi connectivity index (χ0) is 14.4. The molecule has 1 saturated carbocycles. The number of rotatable bonds is 6. The van der Waals surface area contributed by atoms with Crippen molar-refractivity contribution in [3.8, 4) is 0 Å². The highest BCUT2D eigenvalue weighted by atomic mass is 35.5. The SMILES string of the molecule is CCCNC1CCC(CC)CC1Cc1ccc(Cl)cc1. The van der Waals surface area contributed by atoms with Crippen molar-refractivity contribution in [1.29, 1.82) is 0 Å². The average Bonchev–Trinajstić information content (AvgIpc) is 2.48. The molecular weight excluding hydrogens is 266 g/mol. The molecule has 0 aliphatic heterocycles. The van der Waals surface area contributed by atoms with E-state index < -0.39 is 0 Å². The van der Waals surface area contributed by atoms with Gasteiger partial charge in [-0.1, -0.05) is 44.0 Å². The van der Waals surface area contributed by atoms with Crippen molar-refractivity contribution in [2.75, 3.05) is 6.54 Å². The van der Waals surface area contributed by atoms with Crippen LogP contribution >= 0.6 is 11.6 Å². The molecule has 1 aromatic rings. The van der Waals surface area contributed by atoms with Gasteiger partial charge in [0.05, 0.1) is 0 Å². The highest BCUT2D eigenvalue weighted by molar-refractivity contribution is 6.30. The number of hydrogen-bond acceptors (Lipinski definition) is 1. The molecule has 3 atom stereocenters. The van der Waals surface area contributed by atoms with Crippen LogP contribution in [0.5, 0.6) is 0 Å². The average molecular weight is 294 g/mol. The molecule has 1 fully saturated rings. The lowest BCUT2D eigenvalue weighted by atomic mass is 9.74. The predicted molar refractivity (Wildman–Crippen MR) is 88.4 cm³/mol. The van der Waals surface area contributed by atoms with Gasteiger partial charge in [-0.15, -0.1) is 0 Å². The maximum absolute atomic E-state index is 5.98. The molecule has 1 aliphatic carbocycles. The minimum atomic E-state index is 0.702. The van der Waals surface area contributed by atoms with Gasteiger partial charge in [-0.3, -0.25) is 0 Å². The monoisotopic (exact) mass is 293 g/mol. The van der Waals surface area contributed by atoms with Crippen molar-refractivity contribution in [2.24, 2.45) is 11.8 Å². The van der Waals surface area contributed by atoms with E-state index in [4.69, 9.17) is 11.6 Å². The van der Waals surface area contributed by atoms with Crippen LogP contribution in [0.2, 0.25) is 5.02 Å². The minimum Gasteiger partial charge on any atom is -0.314 e. The largest absolute Gasteiger partial charge is 0.314 e. The Morgan fingerprint density at radius 3 is 2.55 bits per heavy atom. The fourth-order valence-corrected chi connectivity index (χ4v) is 3.61. The van der Waals surface area contributed by atoms with E-state index in [1.807, 2.05) is 12.1 Å². The minimum absolute atomic E-state index is 0.702. The van der Waals surface area contributed by atoms with Gasteiger partial charge in [0.1, 0.15) is 0 Å². The molecule has 1 aliphatic rings. The first-order chi connectivity index (χ1) is 9.72. The molecule has 1 N–H and O–H groups in total. The molecule has 2 rings (SSSR count). The van der Waals surface area contributed by atoms with E-state index in [9.17, 15) is 0 Å². The third-order valence-electron chi connectivity index (χ3n) is 4.74. The molecule has 2 heteroatoms. The summed E-state index contributed by atoms with van der Waals surface area (Å²) in [6, 6.07) is 9.12. The molecule has 112 valence electrons. The number of benzene rings is 1. The van der Waals surface area contributed by atoms with E-state index in [1.165, 1.54) is 44.1 Å². The van der Waals surface area contributed by atoms with Crippen molar-refractivity contribution in [3.05, 3.63) is 34.9 Å². The van der Waals surface area contributed by atoms with Gasteiger partial charge in [-0.05, 0) is 68.2 Å². The van der Waals surface area contributed by atoms with E-state index in [-0.39, 0.29) is 0 Å². The summed E-state index contributed by atoms with van der Waals surface area (Å²) < 4.78 is 0. The Kier molecular flexibility index (Phi) is 6.38. The van der Waals surface area contributed by atoms with Crippen LogP contribution in [0, 0.1) is 11.8 Å². The van der Waals surface area contributed by atoms with E-state index >= 15 is 0 Å². The number of nitrogens with one attached hydrogen (secondary N) is 1. The lowest BCUT2D eigenvalue weighted by molar-refractivity contribution is 0.198. The van der Waals surface area contributed by atoms with Crippen LogP contribution in [0.1, 0.15) is 51.5 Å². The second-order valence-electron chi connectivity index (χ2n) is 6.24. The van der Waals surface area contributed by atoms with E-state index in [0.717, 1.165) is 23.4 Å². The summed E-state index contributed by atoms with van der Waals surface area (Å²) in [7, 11) is 0. The first-order valence-electron chi connectivity index (χ1n) is 8.20. The molecule has 0 saturated heterocycles. The van der Waals surface area contributed by atoms with E-state index in [2.05, 4.69) is 31.3 Å². The second kappa shape index (κ2) is 8.05. The Labute approximate surface area is 129 Å². The molecule has 1 nitrogen and oxygen atoms in total. The third kappa shape index (κ3) is 4.49. The van der Waals surface area contributed by atoms with Gasteiger partial charge in [0.25, 0.3) is 0 Å². The number of halogens is 1. The van der Waals surface area contributed by atoms with Crippen LogP contribution in [-0.2, 0) is 6.42 Å². The van der Waals surface area contributed by atoms with Gasteiger partial charge in [0, 0.05) is 11.1 Å². The van der Waals surface area contributed by atoms with Crippen LogP contribution < -0.4 is 5.32 Å². The van der Waals surface area contributed by atoms with Crippen molar-refractivity contribution in [3.63, 3.8) is 0 Å². The molecular formula is C18H28ClN. The smallest absolute Gasteiger partial charge is 0.0406 e. The summed E-state index contributed by atoms with van der Waals surface area (Å²) >= 11 is 5.98. The summed E-state index contributed by atoms with van der Waals surface area (Å²) in [5, 5.41) is 4.61. The lowest BCUT2D eigenvalue weighted by Gasteiger charge is -2.37. The van der Waals surface area contributed by atoms with Crippen LogP contribution in [0.4, 0.5) is 0 Å². The summed E-state index contributed by atoms with van der Waals surface area (Å²) in [5.41, 5.74) is 1.43. The maximum Gasteiger partial charge on any atom is 0.0406 e. The molecule has 0 radical (unpaired) electrons. The molecule has 20 heavy (non-hydrogen) atoms. The first-order valence-corrected chi connectivity index (χ1v) is 8.58. The predicted octanol–water partition coefficient (Wildman–Crippen LogP) is 5.08. The zero-order valence-corrected chi connectivity index (χ0v) is 13.6. The summed E-state index contributed by atoms with van der Waals surface area (Å²) in [6.45, 7) is 5.74. The molecule has 1 aromatic carbocycles. The Morgan fingerprint density at radius 1 is 1.15 bits per heavy atom. The van der Waals surface area contributed by atoms with Gasteiger partial charge in [-0.25, -0.2) is 0 Å². The topological polar surface area (TPSA) is 12.0 Å². The van der Waals surface area contributed by atoms with Gasteiger partial charge >= 0.3 is 0 Å². The summed E-state index contributed by atoms with van der Waals surface area (Å²) in [5.74, 6) is 1.70. The molecule has 3 unspecified atom stereocenters. The van der Waals surface area contributed by atoms with Crippen molar-refractivity contribution < 1.29 is 0 Å².